The molecule has 2 fully saturated rings. The highest BCUT2D eigenvalue weighted by molar-refractivity contribution is 7.71. The van der Waals surface area contributed by atoms with Crippen molar-refractivity contribution in [2.75, 3.05) is 24.7 Å². The fourth-order valence-corrected chi connectivity index (χ4v) is 11.6. The number of imidazole rings is 2. The van der Waals surface area contributed by atoms with Gasteiger partial charge in [0.1, 0.15) is 60.3 Å². The van der Waals surface area contributed by atoms with Crippen molar-refractivity contribution in [1.29, 1.82) is 0 Å². The van der Waals surface area contributed by atoms with Gasteiger partial charge in [0.25, 0.3) is 0 Å². The largest absolute Gasteiger partial charge is 0.490 e. The van der Waals surface area contributed by atoms with Crippen molar-refractivity contribution >= 4 is 73.1 Å². The molecule has 32 nitrogen and oxygen atoms in total. The molecule has 6 rings (SSSR count). The maximum absolute atomic E-state index is 12.4. The van der Waals surface area contributed by atoms with Crippen LogP contribution in [0.15, 0.2) is 25.3 Å². The number of nitrogens with two attached hydrogens (primary N) is 2. The third-order valence-corrected chi connectivity index (χ3v) is 15.2. The van der Waals surface area contributed by atoms with Crippen LogP contribution in [0.25, 0.3) is 22.3 Å². The number of hydrogen-bond donors (Lipinski definition) is 11. The predicted molar refractivity (Wildman–Crippen MR) is 177 cm³/mol. The van der Waals surface area contributed by atoms with Crippen LogP contribution in [0.2, 0.25) is 0 Å². The van der Waals surface area contributed by atoms with Crippen LogP contribution in [0.3, 0.4) is 0 Å². The lowest BCUT2D eigenvalue weighted by Gasteiger charge is -2.21. The standard InChI is InChI=1S/C20H29N10O22P5/c21-15-9-17(25-3-23-15)29(5-27-9)19-13(33)11(31)7(47-19)1-45-53(35,36)49-55(39,40)51-57(43,44)52-56(41,42)50-54(37,38)46-2-8-12(32)14(34)20(48-8)30-6-28-10-16(22)24-4-26-18(10)30/h3-8,11-14,19-20,31-34H,1-2H2,(H,35,36)(H,37,38)(H,39,40)(H,41,42)(H,43,44)(H2,21,23,25)(H2,22,24,26)/t7-,8-,11+,12?,13?,14+,19-,20-/m1/s1. The number of phosphoric ester groups is 2. The number of nitrogens with zero attached hydrogens (tertiary/aromatic N) is 8. The normalized spacial score (nSPS) is 30.8. The molecule has 0 amide bonds. The second kappa shape index (κ2) is 16.0. The van der Waals surface area contributed by atoms with E-state index in [0.29, 0.717) is 0 Å². The maximum atomic E-state index is 12.4. The Morgan fingerprint density at radius 3 is 1.23 bits per heavy atom. The Labute approximate surface area is 314 Å². The maximum Gasteiger partial charge on any atom is 0.490 e. The number of fused-ring (bicyclic) bond motifs is 2. The van der Waals surface area contributed by atoms with Gasteiger partial charge in [0.05, 0.1) is 25.9 Å². The molecule has 13 atom stereocenters. The first-order valence-electron chi connectivity index (χ1n) is 15.1. The van der Waals surface area contributed by atoms with Gasteiger partial charge in [0.2, 0.25) is 0 Å². The molecular formula is C20H29N10O22P5. The van der Waals surface area contributed by atoms with Crippen molar-refractivity contribution in [3.63, 3.8) is 0 Å². The molecule has 13 N–H and O–H groups in total. The number of anilines is 2. The van der Waals surface area contributed by atoms with E-state index in [0.717, 1.165) is 34.4 Å². The average Bonchev–Trinajstić information content (AvgIpc) is 3.83. The smallest absolute Gasteiger partial charge is 0.387 e. The van der Waals surface area contributed by atoms with Crippen LogP contribution < -0.4 is 11.5 Å². The predicted octanol–water partition coefficient (Wildman–Crippen LogP) is -2.33. The fraction of sp³-hybridized carbons (Fsp3) is 0.500. The molecule has 0 radical (unpaired) electrons. The Bertz CT molecular complexity index is 2230. The van der Waals surface area contributed by atoms with Gasteiger partial charge < -0.3 is 65.8 Å². The number of aliphatic hydroxyl groups excluding tert-OH is 4. The first-order valence-corrected chi connectivity index (χ1v) is 22.5. The van der Waals surface area contributed by atoms with Crippen LogP contribution in [-0.2, 0) is 58.6 Å². The van der Waals surface area contributed by atoms with Gasteiger partial charge in [-0.05, 0) is 0 Å². The molecule has 316 valence electrons. The number of phosphoric acid groups is 5. The molecule has 0 aliphatic carbocycles. The molecule has 57 heavy (non-hydrogen) atoms. The van der Waals surface area contributed by atoms with E-state index in [4.69, 9.17) is 20.9 Å². The van der Waals surface area contributed by atoms with Crippen molar-refractivity contribution in [3.05, 3.63) is 25.3 Å². The van der Waals surface area contributed by atoms with E-state index in [9.17, 15) is 67.7 Å². The molecule has 6 heterocycles. The van der Waals surface area contributed by atoms with Crippen molar-refractivity contribution in [2.45, 2.75) is 49.1 Å². The Morgan fingerprint density at radius 2 is 0.877 bits per heavy atom. The highest BCUT2D eigenvalue weighted by Gasteiger charge is 2.51. The van der Waals surface area contributed by atoms with Gasteiger partial charge >= 0.3 is 39.1 Å². The summed E-state index contributed by atoms with van der Waals surface area (Å²) in [5.74, 6) is -0.0770. The molecule has 37 heteroatoms. The molecule has 0 saturated carbocycles. The molecule has 7 unspecified atom stereocenters. The minimum atomic E-state index is -6.45. The molecule has 0 spiro atoms. The Kier molecular flexibility index (Phi) is 12.3. The van der Waals surface area contributed by atoms with Gasteiger partial charge in [0, 0.05) is 0 Å². The highest BCUT2D eigenvalue weighted by atomic mass is 31.3. The van der Waals surface area contributed by atoms with Gasteiger partial charge in [-0.15, -0.1) is 0 Å². The lowest BCUT2D eigenvalue weighted by atomic mass is 10.1. The van der Waals surface area contributed by atoms with Gasteiger partial charge in [-0.1, -0.05) is 0 Å². The number of ether oxygens (including phenoxy) is 2. The minimum Gasteiger partial charge on any atom is -0.387 e. The molecule has 0 bridgehead atoms. The van der Waals surface area contributed by atoms with E-state index in [1.807, 2.05) is 0 Å². The van der Waals surface area contributed by atoms with Crippen LogP contribution in [0, 0.1) is 0 Å². The van der Waals surface area contributed by atoms with E-state index >= 15 is 0 Å². The Morgan fingerprint density at radius 1 is 0.544 bits per heavy atom. The topological polar surface area (TPSA) is 481 Å². The summed E-state index contributed by atoms with van der Waals surface area (Å²) in [6, 6.07) is 0. The van der Waals surface area contributed by atoms with Crippen LogP contribution in [0.5, 0.6) is 0 Å². The van der Waals surface area contributed by atoms with E-state index in [1.165, 1.54) is 0 Å². The van der Waals surface area contributed by atoms with E-state index in [1.54, 1.807) is 0 Å². The van der Waals surface area contributed by atoms with Gasteiger partial charge in [-0.3, -0.25) is 18.2 Å². The first-order chi connectivity index (χ1) is 26.4. The van der Waals surface area contributed by atoms with E-state index < -0.39 is 101 Å². The zero-order chi connectivity index (χ0) is 41.9. The number of hydrogen-bond acceptors (Lipinski definition) is 25. The van der Waals surface area contributed by atoms with E-state index in [2.05, 4.69) is 56.2 Å². The summed E-state index contributed by atoms with van der Waals surface area (Å²) in [6.07, 6.45) is -9.04. The van der Waals surface area contributed by atoms with Crippen LogP contribution in [0.4, 0.5) is 11.6 Å². The number of rotatable bonds is 16. The molecule has 4 aromatic rings. The second-order valence-electron chi connectivity index (χ2n) is 11.5. The van der Waals surface area contributed by atoms with Gasteiger partial charge in [-0.25, -0.2) is 52.7 Å². The first kappa shape index (κ1) is 43.7. The quantitative estimate of drug-likeness (QED) is 0.0525. The third kappa shape index (κ3) is 9.80. The van der Waals surface area contributed by atoms with Crippen molar-refractivity contribution in [2.24, 2.45) is 0 Å². The highest BCUT2D eigenvalue weighted by Crippen LogP contribution is 2.73. The zero-order valence-corrected chi connectivity index (χ0v) is 32.1. The van der Waals surface area contributed by atoms with Crippen LogP contribution >= 0.6 is 39.1 Å². The summed E-state index contributed by atoms with van der Waals surface area (Å²) in [4.78, 5) is 72.6. The lowest BCUT2D eigenvalue weighted by molar-refractivity contribution is -0.0503. The van der Waals surface area contributed by atoms with Crippen molar-refractivity contribution in [3.8, 4) is 0 Å². The molecular weight excluding hydrogens is 887 g/mol. The SMILES string of the molecule is Nc1ncnc2c1ncn2[C@@H]1O[C@H](COP(=O)(O)OP(=O)(O)OP(=O)(O)OP(=O)(O)OP(=O)(O)OC[C@H]2O[C@@H](n3cnc4c(N)ncnc43)[C@@H](O)C2O)[C@H](O)C1O. The lowest BCUT2D eigenvalue weighted by Crippen LogP contribution is -2.33. The molecule has 4 aromatic heterocycles. The van der Waals surface area contributed by atoms with Gasteiger partial charge in [0.15, 0.2) is 35.4 Å². The zero-order valence-electron chi connectivity index (χ0n) is 27.6. The van der Waals surface area contributed by atoms with Gasteiger partial charge in [-0.2, -0.15) is 17.2 Å². The molecule has 2 saturated heterocycles. The van der Waals surface area contributed by atoms with Crippen molar-refractivity contribution in [1.82, 2.24) is 39.0 Å². The van der Waals surface area contributed by atoms with Crippen LogP contribution in [0.1, 0.15) is 12.5 Å². The summed E-state index contributed by atoms with van der Waals surface area (Å²) in [5.41, 5.74) is 11.7. The average molecular weight is 916 g/mol. The summed E-state index contributed by atoms with van der Waals surface area (Å²) in [6.45, 7) is -2.34. The van der Waals surface area contributed by atoms with E-state index in [-0.39, 0.29) is 34.0 Å². The Balaban J connectivity index is 1.00. The second-order valence-corrected chi connectivity index (χ2v) is 19.3. The van der Waals surface area contributed by atoms with Crippen LogP contribution in [-0.4, -0.2) is 134 Å². The summed E-state index contributed by atoms with van der Waals surface area (Å²) >= 11 is 0. The number of aliphatic hydroxyl groups is 4. The molecule has 2 aliphatic heterocycles. The monoisotopic (exact) mass is 916 g/mol. The third-order valence-electron chi connectivity index (χ3n) is 7.63. The minimum absolute atomic E-state index is 0.0385. The van der Waals surface area contributed by atoms with Crippen molar-refractivity contribution < 1.29 is 103 Å². The number of aromatic nitrogens is 8. The summed E-state index contributed by atoms with van der Waals surface area (Å²) in [5, 5.41) is 41.8. The number of nitrogen functional groups attached to an aromatic ring is 2. The summed E-state index contributed by atoms with van der Waals surface area (Å²) in [7, 11) is -30.8. The summed E-state index contributed by atoms with van der Waals surface area (Å²) < 4.78 is 98.9. The molecule has 2 aliphatic rings. The fourth-order valence-electron chi connectivity index (χ4n) is 5.25. The Hall–Kier alpha value is -2.83. The molecule has 0 aromatic carbocycles.